The molecule has 0 amide bonds. The minimum Gasteiger partial charge on any atom is -0.465 e. The average Bonchev–Trinajstić information content (AvgIpc) is 2.50. The third kappa shape index (κ3) is 3.30. The lowest BCUT2D eigenvalue weighted by atomic mass is 10.1. The fourth-order valence-corrected chi connectivity index (χ4v) is 4.31. The Kier molecular flexibility index (Phi) is 5.18. The van der Waals surface area contributed by atoms with Gasteiger partial charge in [-0.1, -0.05) is 0 Å². The first kappa shape index (κ1) is 16.9. The Morgan fingerprint density at radius 3 is 2.77 bits per heavy atom. The van der Waals surface area contributed by atoms with E-state index in [9.17, 15) is 17.6 Å². The fraction of sp³-hybridized carbons (Fsp3) is 0.533. The summed E-state index contributed by atoms with van der Waals surface area (Å²) < 4.78 is 45.0. The molecule has 5 nitrogen and oxygen atoms in total. The standard InChI is InChI=1S/C15H20FNO4S/c1-3-21-15(18)14-6-4-5-9-17(14)22(19,20)12-7-8-13(16)11(2)10-12/h7-8,10,14H,3-6,9H2,1-2H3. The predicted octanol–water partition coefficient (Wildman–Crippen LogP) is 2.24. The van der Waals surface area contributed by atoms with Crippen LogP contribution >= 0.6 is 0 Å². The molecule has 0 aromatic heterocycles. The second-order valence-electron chi connectivity index (χ2n) is 5.29. The highest BCUT2D eigenvalue weighted by Crippen LogP contribution is 2.27. The van der Waals surface area contributed by atoms with Gasteiger partial charge in [-0.15, -0.1) is 0 Å². The summed E-state index contributed by atoms with van der Waals surface area (Å²) in [7, 11) is -3.85. The van der Waals surface area contributed by atoms with Crippen LogP contribution in [0.5, 0.6) is 0 Å². The Morgan fingerprint density at radius 1 is 1.41 bits per heavy atom. The maximum absolute atomic E-state index is 13.4. The normalized spacial score (nSPS) is 19.9. The number of halogens is 1. The van der Waals surface area contributed by atoms with Crippen LogP contribution in [0.4, 0.5) is 4.39 Å². The van der Waals surface area contributed by atoms with Gasteiger partial charge in [0.15, 0.2) is 0 Å². The number of carbonyl (C=O) groups is 1. The van der Waals surface area contributed by atoms with Crippen LogP contribution in [0.2, 0.25) is 0 Å². The molecule has 22 heavy (non-hydrogen) atoms. The van der Waals surface area contributed by atoms with Gasteiger partial charge >= 0.3 is 5.97 Å². The Morgan fingerprint density at radius 2 is 2.14 bits per heavy atom. The number of esters is 1. The largest absolute Gasteiger partial charge is 0.465 e. The third-order valence-corrected chi connectivity index (χ3v) is 5.65. The molecule has 0 saturated carbocycles. The maximum Gasteiger partial charge on any atom is 0.324 e. The molecule has 1 aliphatic rings. The lowest BCUT2D eigenvalue weighted by molar-refractivity contribution is -0.148. The van der Waals surface area contributed by atoms with Crippen molar-refractivity contribution in [2.75, 3.05) is 13.2 Å². The van der Waals surface area contributed by atoms with Crippen LogP contribution in [0.25, 0.3) is 0 Å². The Labute approximate surface area is 130 Å². The molecule has 1 fully saturated rings. The highest BCUT2D eigenvalue weighted by molar-refractivity contribution is 7.89. The van der Waals surface area contributed by atoms with E-state index in [1.807, 2.05) is 0 Å². The first-order valence-electron chi connectivity index (χ1n) is 7.32. The molecular formula is C15H20FNO4S. The Balaban J connectivity index is 2.36. The molecule has 0 N–H and O–H groups in total. The molecule has 1 aromatic rings. The first-order chi connectivity index (χ1) is 10.4. The van der Waals surface area contributed by atoms with Crippen molar-refractivity contribution in [1.29, 1.82) is 0 Å². The highest BCUT2D eigenvalue weighted by atomic mass is 32.2. The molecule has 2 rings (SSSR count). The number of piperidine rings is 1. The number of aryl methyl sites for hydroxylation is 1. The molecular weight excluding hydrogens is 309 g/mol. The molecule has 0 aliphatic carbocycles. The summed E-state index contributed by atoms with van der Waals surface area (Å²) in [4.78, 5) is 12.0. The van der Waals surface area contributed by atoms with Crippen LogP contribution in [0.3, 0.4) is 0 Å². The predicted molar refractivity (Wildman–Crippen MR) is 79.3 cm³/mol. The topological polar surface area (TPSA) is 63.7 Å². The molecule has 1 saturated heterocycles. The lowest BCUT2D eigenvalue weighted by Crippen LogP contribution is -2.48. The summed E-state index contributed by atoms with van der Waals surface area (Å²) in [5, 5.41) is 0. The number of hydrogen-bond acceptors (Lipinski definition) is 4. The molecule has 0 spiro atoms. The number of hydrogen-bond donors (Lipinski definition) is 0. The summed E-state index contributed by atoms with van der Waals surface area (Å²) in [6, 6.07) is 2.85. The molecule has 1 unspecified atom stereocenters. The van der Waals surface area contributed by atoms with Gasteiger partial charge < -0.3 is 4.74 Å². The minimum atomic E-state index is -3.85. The minimum absolute atomic E-state index is 0.00241. The van der Waals surface area contributed by atoms with Gasteiger partial charge in [0.2, 0.25) is 10.0 Å². The quantitative estimate of drug-likeness (QED) is 0.795. The summed E-state index contributed by atoms with van der Waals surface area (Å²) in [6.07, 6.45) is 1.91. The van der Waals surface area contributed by atoms with Crippen LogP contribution in [-0.4, -0.2) is 37.9 Å². The Bertz CT molecular complexity index is 660. The van der Waals surface area contributed by atoms with Gasteiger partial charge in [0, 0.05) is 6.54 Å². The maximum atomic E-state index is 13.4. The summed E-state index contributed by atoms with van der Waals surface area (Å²) in [6.45, 7) is 3.66. The van der Waals surface area contributed by atoms with Crippen molar-refractivity contribution in [2.45, 2.75) is 44.0 Å². The van der Waals surface area contributed by atoms with E-state index in [-0.39, 0.29) is 23.6 Å². The SMILES string of the molecule is CCOC(=O)C1CCCCN1S(=O)(=O)c1ccc(F)c(C)c1. The van der Waals surface area contributed by atoms with Crippen LogP contribution in [0.15, 0.2) is 23.1 Å². The highest BCUT2D eigenvalue weighted by Gasteiger charge is 2.38. The Hall–Kier alpha value is -1.47. The van der Waals surface area contributed by atoms with Gasteiger partial charge in [0.05, 0.1) is 11.5 Å². The van der Waals surface area contributed by atoms with Gasteiger partial charge in [-0.2, -0.15) is 4.31 Å². The number of sulfonamides is 1. The number of rotatable bonds is 4. The van der Waals surface area contributed by atoms with Gasteiger partial charge in [0.1, 0.15) is 11.9 Å². The van der Waals surface area contributed by atoms with E-state index in [1.165, 1.54) is 23.4 Å². The zero-order valence-electron chi connectivity index (χ0n) is 12.7. The molecule has 0 bridgehead atoms. The number of nitrogens with zero attached hydrogens (tertiary/aromatic N) is 1. The van der Waals surface area contributed by atoms with Crippen molar-refractivity contribution < 1.29 is 22.3 Å². The summed E-state index contributed by atoms with van der Waals surface area (Å²) >= 11 is 0. The van der Waals surface area contributed by atoms with Crippen LogP contribution in [0, 0.1) is 12.7 Å². The lowest BCUT2D eigenvalue weighted by Gasteiger charge is -2.33. The molecule has 7 heteroatoms. The molecule has 0 radical (unpaired) electrons. The van der Waals surface area contributed by atoms with Gasteiger partial charge in [-0.25, -0.2) is 12.8 Å². The number of carbonyl (C=O) groups excluding carboxylic acids is 1. The fourth-order valence-electron chi connectivity index (χ4n) is 2.58. The van der Waals surface area contributed by atoms with E-state index < -0.39 is 27.9 Å². The smallest absolute Gasteiger partial charge is 0.324 e. The van der Waals surface area contributed by atoms with Crippen LogP contribution in [0.1, 0.15) is 31.7 Å². The monoisotopic (exact) mass is 329 g/mol. The first-order valence-corrected chi connectivity index (χ1v) is 8.76. The van der Waals surface area contributed by atoms with Crippen LogP contribution in [-0.2, 0) is 19.6 Å². The summed E-state index contributed by atoms with van der Waals surface area (Å²) in [5.41, 5.74) is 0.255. The number of ether oxygens (including phenoxy) is 1. The molecule has 122 valence electrons. The molecule has 1 aliphatic heterocycles. The van der Waals surface area contributed by atoms with Crippen molar-refractivity contribution in [3.63, 3.8) is 0 Å². The van der Waals surface area contributed by atoms with Gasteiger partial charge in [-0.05, 0) is 56.9 Å². The van der Waals surface area contributed by atoms with Crippen molar-refractivity contribution in [1.82, 2.24) is 4.31 Å². The van der Waals surface area contributed by atoms with E-state index in [0.29, 0.717) is 12.8 Å². The van der Waals surface area contributed by atoms with Gasteiger partial charge in [0.25, 0.3) is 0 Å². The van der Waals surface area contributed by atoms with E-state index in [2.05, 4.69) is 0 Å². The van der Waals surface area contributed by atoms with Crippen molar-refractivity contribution in [3.05, 3.63) is 29.6 Å². The van der Waals surface area contributed by atoms with E-state index >= 15 is 0 Å². The second-order valence-corrected chi connectivity index (χ2v) is 7.18. The van der Waals surface area contributed by atoms with Crippen molar-refractivity contribution in [2.24, 2.45) is 0 Å². The average molecular weight is 329 g/mol. The number of benzene rings is 1. The zero-order chi connectivity index (χ0) is 16.3. The van der Waals surface area contributed by atoms with Crippen molar-refractivity contribution >= 4 is 16.0 Å². The van der Waals surface area contributed by atoms with E-state index in [4.69, 9.17) is 4.74 Å². The van der Waals surface area contributed by atoms with Crippen LogP contribution < -0.4 is 0 Å². The zero-order valence-corrected chi connectivity index (χ0v) is 13.5. The summed E-state index contributed by atoms with van der Waals surface area (Å²) in [5.74, 6) is -0.982. The third-order valence-electron chi connectivity index (χ3n) is 3.75. The van der Waals surface area contributed by atoms with Gasteiger partial charge in [-0.3, -0.25) is 4.79 Å². The second kappa shape index (κ2) is 6.75. The van der Waals surface area contributed by atoms with E-state index in [0.717, 1.165) is 12.5 Å². The molecule has 1 aromatic carbocycles. The van der Waals surface area contributed by atoms with E-state index in [1.54, 1.807) is 6.92 Å². The molecule has 1 heterocycles. The van der Waals surface area contributed by atoms with Crippen molar-refractivity contribution in [3.8, 4) is 0 Å². The molecule has 1 atom stereocenters.